The molecule has 0 bridgehead atoms. The van der Waals surface area contributed by atoms with Crippen molar-refractivity contribution in [3.05, 3.63) is 28.0 Å². The standard InChI is InChI=1S/C11H12BrFO3/c1-11(2,10(15)16)5-6-8(14)4-3-7(12)9(6)13/h3-4,14H,5H2,1-2H3,(H,15,16). The largest absolute Gasteiger partial charge is 0.508 e. The average Bonchev–Trinajstić information content (AvgIpc) is 2.18. The molecule has 0 aromatic heterocycles. The van der Waals surface area contributed by atoms with Crippen molar-refractivity contribution in [3.8, 4) is 5.75 Å². The smallest absolute Gasteiger partial charge is 0.309 e. The Kier molecular flexibility index (Phi) is 3.57. The molecule has 5 heteroatoms. The first-order valence-corrected chi connectivity index (χ1v) is 5.44. The van der Waals surface area contributed by atoms with Gasteiger partial charge in [-0.05, 0) is 48.3 Å². The van der Waals surface area contributed by atoms with Crippen molar-refractivity contribution >= 4 is 21.9 Å². The molecule has 0 aliphatic heterocycles. The number of hydrogen-bond acceptors (Lipinski definition) is 2. The van der Waals surface area contributed by atoms with Crippen LogP contribution < -0.4 is 0 Å². The van der Waals surface area contributed by atoms with Crippen LogP contribution >= 0.6 is 15.9 Å². The number of aliphatic carboxylic acids is 1. The zero-order chi connectivity index (χ0) is 12.5. The summed E-state index contributed by atoms with van der Waals surface area (Å²) in [4.78, 5) is 10.9. The number of aromatic hydroxyl groups is 1. The average molecular weight is 291 g/mol. The van der Waals surface area contributed by atoms with Crippen LogP contribution in [0.3, 0.4) is 0 Å². The van der Waals surface area contributed by atoms with Crippen LogP contribution in [0, 0.1) is 11.2 Å². The van der Waals surface area contributed by atoms with Gasteiger partial charge in [-0.2, -0.15) is 0 Å². The Morgan fingerprint density at radius 3 is 2.56 bits per heavy atom. The van der Waals surface area contributed by atoms with E-state index in [2.05, 4.69) is 15.9 Å². The van der Waals surface area contributed by atoms with Gasteiger partial charge in [0.25, 0.3) is 0 Å². The van der Waals surface area contributed by atoms with Crippen LogP contribution in [0.25, 0.3) is 0 Å². The van der Waals surface area contributed by atoms with Crippen LogP contribution in [0.5, 0.6) is 5.75 Å². The highest BCUT2D eigenvalue weighted by Crippen LogP contribution is 2.32. The third-order valence-corrected chi connectivity index (χ3v) is 2.98. The third kappa shape index (κ3) is 2.52. The number of carboxylic acids is 1. The van der Waals surface area contributed by atoms with Crippen LogP contribution in [-0.2, 0) is 11.2 Å². The van der Waals surface area contributed by atoms with Gasteiger partial charge in [0.15, 0.2) is 0 Å². The second kappa shape index (κ2) is 4.41. The van der Waals surface area contributed by atoms with Crippen LogP contribution in [0.2, 0.25) is 0 Å². The van der Waals surface area contributed by atoms with Crippen LogP contribution in [0.1, 0.15) is 19.4 Å². The number of phenolic OH excluding ortho intramolecular Hbond substituents is 1. The van der Waals surface area contributed by atoms with Crippen LogP contribution in [-0.4, -0.2) is 16.2 Å². The number of carboxylic acid groups (broad SMARTS) is 1. The highest BCUT2D eigenvalue weighted by Gasteiger charge is 2.30. The van der Waals surface area contributed by atoms with Gasteiger partial charge in [0, 0.05) is 5.56 Å². The summed E-state index contributed by atoms with van der Waals surface area (Å²) in [5.74, 6) is -1.88. The lowest BCUT2D eigenvalue weighted by molar-refractivity contribution is -0.146. The van der Waals surface area contributed by atoms with Crippen molar-refractivity contribution in [2.45, 2.75) is 20.3 Å². The number of benzene rings is 1. The zero-order valence-corrected chi connectivity index (χ0v) is 10.5. The fourth-order valence-corrected chi connectivity index (χ4v) is 1.64. The van der Waals surface area contributed by atoms with Gasteiger partial charge in [-0.3, -0.25) is 4.79 Å². The third-order valence-electron chi connectivity index (χ3n) is 2.37. The quantitative estimate of drug-likeness (QED) is 0.900. The molecule has 3 nitrogen and oxygen atoms in total. The van der Waals surface area contributed by atoms with E-state index in [-0.39, 0.29) is 22.2 Å². The zero-order valence-electron chi connectivity index (χ0n) is 8.92. The highest BCUT2D eigenvalue weighted by atomic mass is 79.9. The lowest BCUT2D eigenvalue weighted by Gasteiger charge is -2.20. The Morgan fingerprint density at radius 2 is 2.06 bits per heavy atom. The molecule has 1 aromatic rings. The summed E-state index contributed by atoms with van der Waals surface area (Å²) in [5.41, 5.74) is -1.11. The normalized spacial score (nSPS) is 11.5. The molecular weight excluding hydrogens is 279 g/mol. The molecule has 0 spiro atoms. The molecule has 2 N–H and O–H groups in total. The number of phenols is 1. The summed E-state index contributed by atoms with van der Waals surface area (Å²) in [6.45, 7) is 2.96. The Morgan fingerprint density at radius 1 is 1.50 bits per heavy atom. The molecule has 0 atom stereocenters. The molecular formula is C11H12BrFO3. The highest BCUT2D eigenvalue weighted by molar-refractivity contribution is 9.10. The molecule has 1 rings (SSSR count). The Labute approximate surface area is 101 Å². The lowest BCUT2D eigenvalue weighted by Crippen LogP contribution is -2.26. The minimum atomic E-state index is -1.13. The monoisotopic (exact) mass is 290 g/mol. The fraction of sp³-hybridized carbons (Fsp3) is 0.364. The first-order valence-electron chi connectivity index (χ1n) is 4.65. The van der Waals surface area contributed by atoms with E-state index in [9.17, 15) is 14.3 Å². The van der Waals surface area contributed by atoms with Gasteiger partial charge in [0.05, 0.1) is 9.89 Å². The van der Waals surface area contributed by atoms with Gasteiger partial charge in [0.2, 0.25) is 0 Å². The maximum Gasteiger partial charge on any atom is 0.309 e. The molecule has 0 saturated carbocycles. The first-order chi connectivity index (χ1) is 7.25. The number of halogens is 2. The van der Waals surface area contributed by atoms with E-state index in [1.165, 1.54) is 26.0 Å². The van der Waals surface area contributed by atoms with Gasteiger partial charge in [-0.15, -0.1) is 0 Å². The van der Waals surface area contributed by atoms with Crippen molar-refractivity contribution in [2.75, 3.05) is 0 Å². The molecule has 0 aliphatic carbocycles. The van der Waals surface area contributed by atoms with E-state index >= 15 is 0 Å². The van der Waals surface area contributed by atoms with Crippen LogP contribution in [0.4, 0.5) is 4.39 Å². The second-order valence-corrected chi connectivity index (χ2v) is 5.08. The molecule has 0 amide bonds. The van der Waals surface area contributed by atoms with Gasteiger partial charge in [-0.1, -0.05) is 0 Å². The SMILES string of the molecule is CC(C)(Cc1c(O)ccc(Br)c1F)C(=O)O. The predicted octanol–water partition coefficient (Wildman–Crippen LogP) is 2.95. The van der Waals surface area contributed by atoms with E-state index in [0.29, 0.717) is 0 Å². The summed E-state index contributed by atoms with van der Waals surface area (Å²) in [6.07, 6.45) is -0.0700. The van der Waals surface area contributed by atoms with Crippen molar-refractivity contribution in [1.82, 2.24) is 0 Å². The second-order valence-electron chi connectivity index (χ2n) is 4.22. The van der Waals surface area contributed by atoms with E-state index in [1.54, 1.807) is 0 Å². The minimum absolute atomic E-state index is 0.0155. The number of carbonyl (C=O) groups is 1. The van der Waals surface area contributed by atoms with Gasteiger partial charge in [0.1, 0.15) is 11.6 Å². The molecule has 0 fully saturated rings. The number of rotatable bonds is 3. The van der Waals surface area contributed by atoms with E-state index in [1.807, 2.05) is 0 Å². The Bertz CT molecular complexity index is 429. The van der Waals surface area contributed by atoms with Crippen LogP contribution in [0.15, 0.2) is 16.6 Å². The van der Waals surface area contributed by atoms with Gasteiger partial charge < -0.3 is 10.2 Å². The fourth-order valence-electron chi connectivity index (χ4n) is 1.27. The summed E-state index contributed by atoms with van der Waals surface area (Å²) >= 11 is 2.99. The topological polar surface area (TPSA) is 57.5 Å². The summed E-state index contributed by atoms with van der Waals surface area (Å²) in [6, 6.07) is 2.71. The van der Waals surface area contributed by atoms with Gasteiger partial charge in [-0.25, -0.2) is 4.39 Å². The lowest BCUT2D eigenvalue weighted by atomic mass is 9.85. The molecule has 1 aromatic carbocycles. The summed E-state index contributed by atoms with van der Waals surface area (Å²) in [5, 5.41) is 18.4. The first kappa shape index (κ1) is 13.0. The number of hydrogen-bond donors (Lipinski definition) is 2. The maximum absolute atomic E-state index is 13.7. The van der Waals surface area contributed by atoms with E-state index in [4.69, 9.17) is 5.11 Å². The molecule has 0 aliphatic rings. The molecule has 0 saturated heterocycles. The van der Waals surface area contributed by atoms with Crippen molar-refractivity contribution in [3.63, 3.8) is 0 Å². The van der Waals surface area contributed by atoms with Crippen molar-refractivity contribution in [2.24, 2.45) is 5.41 Å². The predicted molar refractivity (Wildman–Crippen MR) is 60.9 cm³/mol. The maximum atomic E-state index is 13.7. The minimum Gasteiger partial charge on any atom is -0.508 e. The molecule has 16 heavy (non-hydrogen) atoms. The Hall–Kier alpha value is -1.10. The van der Waals surface area contributed by atoms with Gasteiger partial charge >= 0.3 is 5.97 Å². The molecule has 88 valence electrons. The molecule has 0 radical (unpaired) electrons. The van der Waals surface area contributed by atoms with Crippen molar-refractivity contribution in [1.29, 1.82) is 0 Å². The molecule has 0 unspecified atom stereocenters. The van der Waals surface area contributed by atoms with Crippen molar-refractivity contribution < 1.29 is 19.4 Å². The van der Waals surface area contributed by atoms with E-state index in [0.717, 1.165) is 0 Å². The summed E-state index contributed by atoms with van der Waals surface area (Å²) in [7, 11) is 0. The van der Waals surface area contributed by atoms with E-state index < -0.39 is 17.2 Å². The Balaban J connectivity index is 3.15. The summed E-state index contributed by atoms with van der Waals surface area (Å²) < 4.78 is 13.9. The molecule has 0 heterocycles.